The number of amides is 2. The molecular weight excluding hydrogens is 380 g/mol. The van der Waals surface area contributed by atoms with Gasteiger partial charge in [-0.05, 0) is 85.5 Å². The van der Waals surface area contributed by atoms with Gasteiger partial charge >= 0.3 is 0 Å². The largest absolute Gasteiger partial charge is 0.467 e. The van der Waals surface area contributed by atoms with E-state index in [0.29, 0.717) is 37.8 Å². The van der Waals surface area contributed by atoms with E-state index in [1.54, 1.807) is 12.5 Å². The van der Waals surface area contributed by atoms with Crippen LogP contribution in [0.15, 0.2) is 45.6 Å². The first-order valence-corrected chi connectivity index (χ1v) is 11.1. The predicted octanol–water partition coefficient (Wildman–Crippen LogP) is 4.17. The van der Waals surface area contributed by atoms with Crippen LogP contribution in [-0.4, -0.2) is 11.8 Å². The maximum Gasteiger partial charge on any atom is 0.220 e. The van der Waals surface area contributed by atoms with E-state index in [4.69, 9.17) is 8.83 Å². The summed E-state index contributed by atoms with van der Waals surface area (Å²) in [6.45, 7) is 0.879. The minimum absolute atomic E-state index is 0.0542. The number of carbonyl (C=O) groups excluding carboxylic acids is 2. The smallest absolute Gasteiger partial charge is 0.220 e. The molecule has 0 radical (unpaired) electrons. The average molecular weight is 411 g/mol. The topological polar surface area (TPSA) is 84.5 Å². The molecule has 0 aromatic carbocycles. The molecule has 30 heavy (non-hydrogen) atoms. The highest BCUT2D eigenvalue weighted by Crippen LogP contribution is 2.67. The summed E-state index contributed by atoms with van der Waals surface area (Å²) in [7, 11) is 0. The number of hydrogen-bond donors (Lipinski definition) is 2. The summed E-state index contributed by atoms with van der Waals surface area (Å²) in [6, 6.07) is 7.42. The molecule has 0 aliphatic heterocycles. The molecule has 4 saturated carbocycles. The van der Waals surface area contributed by atoms with Gasteiger partial charge in [-0.25, -0.2) is 0 Å². The van der Waals surface area contributed by atoms with E-state index in [1.807, 2.05) is 24.3 Å². The van der Waals surface area contributed by atoms with Gasteiger partial charge in [0.1, 0.15) is 11.5 Å². The van der Waals surface area contributed by atoms with Gasteiger partial charge in [0.15, 0.2) is 0 Å². The lowest BCUT2D eigenvalue weighted by Crippen LogP contribution is -2.54. The van der Waals surface area contributed by atoms with E-state index in [0.717, 1.165) is 43.6 Å². The molecule has 2 N–H and O–H groups in total. The molecule has 6 nitrogen and oxygen atoms in total. The van der Waals surface area contributed by atoms with Gasteiger partial charge in [-0.3, -0.25) is 9.59 Å². The summed E-state index contributed by atoms with van der Waals surface area (Å²) in [5.74, 6) is 3.07. The van der Waals surface area contributed by atoms with Crippen molar-refractivity contribution >= 4 is 11.8 Å². The van der Waals surface area contributed by atoms with E-state index in [2.05, 4.69) is 10.6 Å². The minimum atomic E-state index is 0.0542. The molecule has 2 aromatic rings. The highest BCUT2D eigenvalue weighted by Gasteiger charge is 2.58. The molecule has 2 amide bonds. The van der Waals surface area contributed by atoms with Gasteiger partial charge in [0.25, 0.3) is 0 Å². The Morgan fingerprint density at radius 1 is 0.833 bits per heavy atom. The van der Waals surface area contributed by atoms with Gasteiger partial charge < -0.3 is 19.5 Å². The van der Waals surface area contributed by atoms with Crippen molar-refractivity contribution in [2.75, 3.05) is 0 Å². The highest BCUT2D eigenvalue weighted by atomic mass is 16.3. The summed E-state index contributed by atoms with van der Waals surface area (Å²) in [5, 5.41) is 6.05. The number of rotatable bonds is 8. The van der Waals surface area contributed by atoms with E-state index in [-0.39, 0.29) is 22.6 Å². The Hall–Kier alpha value is -2.50. The van der Waals surface area contributed by atoms with Gasteiger partial charge in [-0.15, -0.1) is 0 Å². The second-order valence-electron chi connectivity index (χ2n) is 10.0. The molecule has 160 valence electrons. The molecule has 4 aliphatic rings. The zero-order chi connectivity index (χ0) is 20.6. The Morgan fingerprint density at radius 3 is 1.70 bits per heavy atom. The van der Waals surface area contributed by atoms with Crippen LogP contribution in [-0.2, 0) is 22.7 Å². The lowest BCUT2D eigenvalue weighted by Gasteiger charge is -2.62. The molecule has 2 aromatic heterocycles. The third-order valence-electron chi connectivity index (χ3n) is 7.45. The van der Waals surface area contributed by atoms with Crippen molar-refractivity contribution in [3.8, 4) is 0 Å². The fourth-order valence-corrected chi connectivity index (χ4v) is 7.07. The fraction of sp³-hybridized carbons (Fsp3) is 0.583. The standard InChI is InChI=1S/C24H30N2O4/c27-21(25-14-19-3-1-5-29-19)12-23-8-17-7-18(9-23)11-24(10-17,16-23)13-22(28)26-15-20-4-2-6-30-20/h1-6,17-18H,7-16H2,(H,25,27)(H,26,28). The third-order valence-corrected chi connectivity index (χ3v) is 7.45. The number of nitrogens with one attached hydrogen (secondary N) is 2. The molecule has 6 heteroatoms. The van der Waals surface area contributed by atoms with E-state index < -0.39 is 0 Å². The summed E-state index contributed by atoms with van der Waals surface area (Å²) in [6.07, 6.45) is 11.2. The van der Waals surface area contributed by atoms with Crippen molar-refractivity contribution in [1.29, 1.82) is 0 Å². The number of furan rings is 2. The first kappa shape index (κ1) is 19.5. The van der Waals surface area contributed by atoms with Crippen LogP contribution in [0.4, 0.5) is 0 Å². The van der Waals surface area contributed by atoms with Gasteiger partial charge in [0.05, 0.1) is 25.6 Å². The summed E-state index contributed by atoms with van der Waals surface area (Å²) < 4.78 is 10.6. The van der Waals surface area contributed by atoms with Crippen molar-refractivity contribution in [3.05, 3.63) is 48.3 Å². The SMILES string of the molecule is O=C(CC12CC3CC(C1)CC(CC(=O)NCc1ccco1)(C3)C2)NCc1ccco1. The Balaban J connectivity index is 1.21. The van der Waals surface area contributed by atoms with Gasteiger partial charge in [-0.1, -0.05) is 0 Å². The average Bonchev–Trinajstić information content (AvgIpc) is 3.37. The van der Waals surface area contributed by atoms with Crippen LogP contribution in [0.25, 0.3) is 0 Å². The molecule has 0 spiro atoms. The third kappa shape index (κ3) is 4.05. The summed E-state index contributed by atoms with van der Waals surface area (Å²) in [5.41, 5.74) is 0.108. The second-order valence-corrected chi connectivity index (χ2v) is 10.0. The quantitative estimate of drug-likeness (QED) is 0.684. The van der Waals surface area contributed by atoms with Crippen LogP contribution in [0.3, 0.4) is 0 Å². The summed E-state index contributed by atoms with van der Waals surface area (Å²) >= 11 is 0. The predicted molar refractivity (Wildman–Crippen MR) is 110 cm³/mol. The van der Waals surface area contributed by atoms with Crippen LogP contribution < -0.4 is 10.6 Å². The van der Waals surface area contributed by atoms with Crippen LogP contribution in [0, 0.1) is 22.7 Å². The van der Waals surface area contributed by atoms with Crippen molar-refractivity contribution in [1.82, 2.24) is 10.6 Å². The van der Waals surface area contributed by atoms with Crippen molar-refractivity contribution in [2.45, 2.75) is 64.5 Å². The zero-order valence-corrected chi connectivity index (χ0v) is 17.3. The molecule has 0 atom stereocenters. The monoisotopic (exact) mass is 410 g/mol. The van der Waals surface area contributed by atoms with E-state index in [9.17, 15) is 9.59 Å². The number of hydrogen-bond acceptors (Lipinski definition) is 4. The Labute approximate surface area is 176 Å². The van der Waals surface area contributed by atoms with Crippen LogP contribution >= 0.6 is 0 Å². The minimum Gasteiger partial charge on any atom is -0.467 e. The van der Waals surface area contributed by atoms with Crippen molar-refractivity contribution < 1.29 is 18.4 Å². The van der Waals surface area contributed by atoms with Crippen molar-refractivity contribution in [3.63, 3.8) is 0 Å². The molecule has 0 saturated heterocycles. The highest BCUT2D eigenvalue weighted by molar-refractivity contribution is 5.77. The Morgan fingerprint density at radius 2 is 1.30 bits per heavy atom. The normalized spacial score (nSPS) is 31.6. The lowest BCUT2D eigenvalue weighted by molar-refractivity contribution is -0.146. The van der Waals surface area contributed by atoms with Crippen LogP contribution in [0.2, 0.25) is 0 Å². The zero-order valence-electron chi connectivity index (χ0n) is 17.3. The molecule has 0 unspecified atom stereocenters. The van der Waals surface area contributed by atoms with Gasteiger partial charge in [0.2, 0.25) is 11.8 Å². The second kappa shape index (κ2) is 7.64. The number of carbonyl (C=O) groups is 2. The molecular formula is C24H30N2O4. The molecule has 6 rings (SSSR count). The first-order valence-electron chi connectivity index (χ1n) is 11.1. The van der Waals surface area contributed by atoms with E-state index >= 15 is 0 Å². The molecule has 2 heterocycles. The van der Waals surface area contributed by atoms with Crippen LogP contribution in [0.1, 0.15) is 62.9 Å². The van der Waals surface area contributed by atoms with Crippen molar-refractivity contribution in [2.24, 2.45) is 22.7 Å². The molecule has 4 aliphatic carbocycles. The van der Waals surface area contributed by atoms with Crippen LogP contribution in [0.5, 0.6) is 0 Å². The Kier molecular flexibility index (Phi) is 4.95. The maximum atomic E-state index is 12.7. The van der Waals surface area contributed by atoms with E-state index in [1.165, 1.54) is 6.42 Å². The summed E-state index contributed by atoms with van der Waals surface area (Å²) in [4.78, 5) is 25.5. The fourth-order valence-electron chi connectivity index (χ4n) is 7.07. The first-order chi connectivity index (χ1) is 14.5. The van der Waals surface area contributed by atoms with Gasteiger partial charge in [-0.2, -0.15) is 0 Å². The molecule has 4 bridgehead atoms. The Bertz CT molecular complexity index is 802. The lowest BCUT2D eigenvalue weighted by atomic mass is 9.43. The molecule has 4 fully saturated rings. The maximum absolute atomic E-state index is 12.7. The van der Waals surface area contributed by atoms with Gasteiger partial charge in [0, 0.05) is 12.8 Å².